The van der Waals surface area contributed by atoms with Crippen LogP contribution in [-0.4, -0.2) is 32.9 Å². The van der Waals surface area contributed by atoms with Gasteiger partial charge < -0.3 is 11.1 Å². The first-order valence-corrected chi connectivity index (χ1v) is 7.32. The lowest BCUT2D eigenvalue weighted by Crippen LogP contribution is -2.22. The Balaban J connectivity index is 2.56. The number of sulfone groups is 1. The molecule has 0 radical (unpaired) electrons. The molecule has 0 bridgehead atoms. The number of carbonyl (C=O) groups excluding carboxylic acids is 1. The second kappa shape index (κ2) is 5.92. The van der Waals surface area contributed by atoms with Crippen LogP contribution in [0.3, 0.4) is 0 Å². The molecule has 0 saturated carbocycles. The summed E-state index contributed by atoms with van der Waals surface area (Å²) in [5.41, 5.74) is 5.47. The Morgan fingerprint density at radius 2 is 2.11 bits per heavy atom. The number of benzene rings is 1. The van der Waals surface area contributed by atoms with Gasteiger partial charge in [-0.05, 0) is 12.1 Å². The maximum absolute atomic E-state index is 13.5. The molecule has 0 aliphatic carbocycles. The van der Waals surface area contributed by atoms with Crippen molar-refractivity contribution < 1.29 is 17.6 Å². The first kappa shape index (κ1) is 14.6. The fourth-order valence-electron chi connectivity index (χ4n) is 1.32. The van der Waals surface area contributed by atoms with Crippen LogP contribution in [-0.2, 0) is 16.4 Å². The summed E-state index contributed by atoms with van der Waals surface area (Å²) >= 11 is 0. The molecule has 0 saturated heterocycles. The number of rotatable bonds is 6. The fourth-order valence-corrected chi connectivity index (χ4v) is 1.84. The lowest BCUT2D eigenvalue weighted by molar-refractivity contribution is 0.1000. The molecule has 0 unspecified atom stereocenters. The van der Waals surface area contributed by atoms with E-state index in [9.17, 15) is 17.6 Å². The largest absolute Gasteiger partial charge is 0.366 e. The summed E-state index contributed by atoms with van der Waals surface area (Å²) in [5, 5.41) is 2.81. The summed E-state index contributed by atoms with van der Waals surface area (Å²) in [7, 11) is -3.02. The standard InChI is InChI=1S/C11H15FN2O3S/c1-18(16,17)5-4-14-7-9-3-2-8(11(13)15)6-10(9)12/h2-3,6,14H,4-5,7H2,1H3,(H2,13,15). The van der Waals surface area contributed by atoms with Gasteiger partial charge >= 0.3 is 0 Å². The zero-order valence-corrected chi connectivity index (χ0v) is 10.8. The first-order chi connectivity index (χ1) is 8.29. The molecule has 0 aliphatic rings. The minimum atomic E-state index is -3.02. The molecule has 1 rings (SSSR count). The molecule has 18 heavy (non-hydrogen) atoms. The van der Waals surface area contributed by atoms with Gasteiger partial charge in [-0.3, -0.25) is 4.79 Å². The van der Waals surface area contributed by atoms with Crippen LogP contribution in [0.5, 0.6) is 0 Å². The van der Waals surface area contributed by atoms with Gasteiger partial charge in [-0.2, -0.15) is 0 Å². The molecule has 0 heterocycles. The number of primary amides is 1. The number of carbonyl (C=O) groups is 1. The van der Waals surface area contributed by atoms with E-state index in [1.807, 2.05) is 0 Å². The average Bonchev–Trinajstić information content (AvgIpc) is 2.24. The minimum absolute atomic E-state index is 0.00596. The predicted molar refractivity (Wildman–Crippen MR) is 66.3 cm³/mol. The summed E-state index contributed by atoms with van der Waals surface area (Å²) in [6.07, 6.45) is 1.14. The van der Waals surface area contributed by atoms with Gasteiger partial charge in [-0.15, -0.1) is 0 Å². The van der Waals surface area contributed by atoms with E-state index in [-0.39, 0.29) is 24.4 Å². The average molecular weight is 274 g/mol. The molecular weight excluding hydrogens is 259 g/mol. The molecule has 100 valence electrons. The monoisotopic (exact) mass is 274 g/mol. The van der Waals surface area contributed by atoms with Crippen LogP contribution in [0.2, 0.25) is 0 Å². The van der Waals surface area contributed by atoms with Crippen molar-refractivity contribution >= 4 is 15.7 Å². The van der Waals surface area contributed by atoms with Crippen molar-refractivity contribution in [3.05, 3.63) is 35.1 Å². The molecule has 1 aromatic rings. The predicted octanol–water partition coefficient (Wildman–Crippen LogP) is 0.0588. The van der Waals surface area contributed by atoms with Gasteiger partial charge in [0.05, 0.1) is 5.75 Å². The lowest BCUT2D eigenvalue weighted by Gasteiger charge is -2.06. The molecular formula is C11H15FN2O3S. The molecule has 0 aliphatic heterocycles. The summed E-state index contributed by atoms with van der Waals surface area (Å²) in [4.78, 5) is 10.8. The number of amides is 1. The van der Waals surface area contributed by atoms with Crippen LogP contribution in [0.15, 0.2) is 18.2 Å². The zero-order chi connectivity index (χ0) is 13.8. The van der Waals surface area contributed by atoms with Crippen LogP contribution in [0.1, 0.15) is 15.9 Å². The van der Waals surface area contributed by atoms with Gasteiger partial charge in [0, 0.05) is 30.5 Å². The Kier molecular flexibility index (Phi) is 4.80. The number of nitrogens with two attached hydrogens (primary N) is 1. The Morgan fingerprint density at radius 3 is 2.61 bits per heavy atom. The molecule has 5 nitrogen and oxygen atoms in total. The quantitative estimate of drug-likeness (QED) is 0.718. The molecule has 3 N–H and O–H groups in total. The van der Waals surface area contributed by atoms with Crippen LogP contribution in [0.4, 0.5) is 4.39 Å². The number of nitrogens with one attached hydrogen (secondary N) is 1. The van der Waals surface area contributed by atoms with E-state index < -0.39 is 21.6 Å². The highest BCUT2D eigenvalue weighted by Gasteiger charge is 2.07. The normalized spacial score (nSPS) is 11.4. The highest BCUT2D eigenvalue weighted by atomic mass is 32.2. The van der Waals surface area contributed by atoms with E-state index in [0.29, 0.717) is 5.56 Å². The van der Waals surface area contributed by atoms with Crippen LogP contribution in [0.25, 0.3) is 0 Å². The molecule has 7 heteroatoms. The minimum Gasteiger partial charge on any atom is -0.366 e. The summed E-state index contributed by atoms with van der Waals surface area (Å²) in [6, 6.07) is 3.94. The van der Waals surface area contributed by atoms with Gasteiger partial charge in [-0.25, -0.2) is 12.8 Å². The van der Waals surface area contributed by atoms with E-state index in [1.54, 1.807) is 0 Å². The van der Waals surface area contributed by atoms with Gasteiger partial charge in [0.2, 0.25) is 5.91 Å². The van der Waals surface area contributed by atoms with Crippen LogP contribution >= 0.6 is 0 Å². The van der Waals surface area contributed by atoms with Crippen molar-refractivity contribution in [1.29, 1.82) is 0 Å². The molecule has 0 fully saturated rings. The Labute approximate surface area is 105 Å². The lowest BCUT2D eigenvalue weighted by atomic mass is 10.1. The Bertz CT molecular complexity index is 543. The van der Waals surface area contributed by atoms with Crippen LogP contribution in [0, 0.1) is 5.82 Å². The summed E-state index contributed by atoms with van der Waals surface area (Å²) < 4.78 is 35.2. The maximum atomic E-state index is 13.5. The van der Waals surface area contributed by atoms with E-state index >= 15 is 0 Å². The second-order valence-electron chi connectivity index (χ2n) is 3.98. The van der Waals surface area contributed by atoms with E-state index in [1.165, 1.54) is 12.1 Å². The second-order valence-corrected chi connectivity index (χ2v) is 6.24. The van der Waals surface area contributed by atoms with E-state index in [2.05, 4.69) is 5.32 Å². The van der Waals surface area contributed by atoms with E-state index in [0.717, 1.165) is 12.3 Å². The van der Waals surface area contributed by atoms with Crippen molar-refractivity contribution in [2.75, 3.05) is 18.6 Å². The SMILES string of the molecule is CS(=O)(=O)CCNCc1ccc(C(N)=O)cc1F. The van der Waals surface area contributed by atoms with Crippen LogP contribution < -0.4 is 11.1 Å². The van der Waals surface area contributed by atoms with Gasteiger partial charge in [0.1, 0.15) is 15.7 Å². The zero-order valence-electron chi connectivity index (χ0n) is 9.94. The van der Waals surface area contributed by atoms with Crippen molar-refractivity contribution in [1.82, 2.24) is 5.32 Å². The Hall–Kier alpha value is -1.47. The van der Waals surface area contributed by atoms with Gasteiger partial charge in [0.25, 0.3) is 0 Å². The smallest absolute Gasteiger partial charge is 0.248 e. The summed E-state index contributed by atoms with van der Waals surface area (Å²) in [5.74, 6) is -1.24. The van der Waals surface area contributed by atoms with E-state index in [4.69, 9.17) is 5.73 Å². The number of hydrogen-bond donors (Lipinski definition) is 2. The molecule has 0 spiro atoms. The fraction of sp³-hybridized carbons (Fsp3) is 0.364. The third-order valence-electron chi connectivity index (χ3n) is 2.30. The van der Waals surface area contributed by atoms with Crippen molar-refractivity contribution in [3.63, 3.8) is 0 Å². The third kappa shape index (κ3) is 4.80. The van der Waals surface area contributed by atoms with Crippen molar-refractivity contribution in [2.45, 2.75) is 6.54 Å². The number of hydrogen-bond acceptors (Lipinski definition) is 4. The first-order valence-electron chi connectivity index (χ1n) is 5.26. The maximum Gasteiger partial charge on any atom is 0.248 e. The van der Waals surface area contributed by atoms with Gasteiger partial charge in [-0.1, -0.05) is 6.07 Å². The molecule has 0 aromatic heterocycles. The number of halogens is 1. The molecule has 1 amide bonds. The summed E-state index contributed by atoms with van der Waals surface area (Å²) in [6.45, 7) is 0.441. The molecule has 0 atom stereocenters. The Morgan fingerprint density at radius 1 is 1.44 bits per heavy atom. The highest BCUT2D eigenvalue weighted by Crippen LogP contribution is 2.09. The topological polar surface area (TPSA) is 89.3 Å². The third-order valence-corrected chi connectivity index (χ3v) is 3.25. The van der Waals surface area contributed by atoms with Gasteiger partial charge in [0.15, 0.2) is 0 Å². The highest BCUT2D eigenvalue weighted by molar-refractivity contribution is 7.90. The van der Waals surface area contributed by atoms with Crippen molar-refractivity contribution in [3.8, 4) is 0 Å². The molecule has 1 aromatic carbocycles. The van der Waals surface area contributed by atoms with Crippen molar-refractivity contribution in [2.24, 2.45) is 5.73 Å².